The number of pyridine rings is 1. The van der Waals surface area contributed by atoms with E-state index in [9.17, 15) is 14.7 Å². The third-order valence-corrected chi connectivity index (χ3v) is 4.85. The summed E-state index contributed by atoms with van der Waals surface area (Å²) in [5.41, 5.74) is 0.438. The van der Waals surface area contributed by atoms with Crippen molar-refractivity contribution in [2.24, 2.45) is 0 Å². The molecule has 0 radical (unpaired) electrons. The molecule has 1 N–H and O–H groups in total. The standard InChI is InChI=1S/C17H12BrClN2O4/c1-2-25-17(24)13-15(22)20-12-8-9(6-7-21(12)16(13)23)10-4-3-5-11(18)14(10)19/h3-8,22H,2H2,1H3. The molecule has 128 valence electrons. The van der Waals surface area contributed by atoms with E-state index in [0.717, 1.165) is 10.0 Å². The molecule has 0 aliphatic carbocycles. The number of benzene rings is 1. The SMILES string of the molecule is CCOC(=O)c1c(O)nc2cc(-c3cccc(Br)c3Cl)ccn2c1=O. The minimum absolute atomic E-state index is 0.0841. The molecule has 2 aromatic heterocycles. The number of ether oxygens (including phenoxy) is 1. The van der Waals surface area contributed by atoms with Crippen molar-refractivity contribution < 1.29 is 14.6 Å². The number of aromatic nitrogens is 2. The van der Waals surface area contributed by atoms with Gasteiger partial charge in [-0.2, -0.15) is 4.98 Å². The van der Waals surface area contributed by atoms with Crippen LogP contribution in [0.5, 0.6) is 5.88 Å². The molecule has 0 fully saturated rings. The Bertz CT molecular complexity index is 1050. The second-order valence-electron chi connectivity index (χ2n) is 5.08. The highest BCUT2D eigenvalue weighted by Crippen LogP contribution is 2.33. The van der Waals surface area contributed by atoms with Crippen molar-refractivity contribution >= 4 is 39.1 Å². The van der Waals surface area contributed by atoms with Gasteiger partial charge in [0.2, 0.25) is 5.88 Å². The van der Waals surface area contributed by atoms with E-state index >= 15 is 0 Å². The summed E-state index contributed by atoms with van der Waals surface area (Å²) in [4.78, 5) is 28.2. The smallest absolute Gasteiger partial charge is 0.349 e. The lowest BCUT2D eigenvalue weighted by atomic mass is 10.1. The zero-order chi connectivity index (χ0) is 18.1. The lowest BCUT2D eigenvalue weighted by Crippen LogP contribution is -2.24. The number of esters is 1. The first-order valence-corrected chi connectivity index (χ1v) is 8.48. The number of rotatable bonds is 3. The lowest BCUT2D eigenvalue weighted by molar-refractivity contribution is 0.0519. The van der Waals surface area contributed by atoms with E-state index in [4.69, 9.17) is 16.3 Å². The predicted molar refractivity (Wildman–Crippen MR) is 97.2 cm³/mol. The Balaban J connectivity index is 2.20. The summed E-state index contributed by atoms with van der Waals surface area (Å²) in [7, 11) is 0. The number of carbonyl (C=O) groups is 1. The number of fused-ring (bicyclic) bond motifs is 1. The number of nitrogens with zero attached hydrogens (tertiary/aromatic N) is 2. The van der Waals surface area contributed by atoms with Crippen molar-refractivity contribution in [3.8, 4) is 17.0 Å². The maximum absolute atomic E-state index is 12.5. The fraction of sp³-hybridized carbons (Fsp3) is 0.118. The van der Waals surface area contributed by atoms with Gasteiger partial charge in [0.05, 0.1) is 11.6 Å². The first kappa shape index (κ1) is 17.4. The van der Waals surface area contributed by atoms with Crippen LogP contribution in [0.2, 0.25) is 5.02 Å². The van der Waals surface area contributed by atoms with E-state index in [2.05, 4.69) is 20.9 Å². The van der Waals surface area contributed by atoms with Crippen LogP contribution in [0.25, 0.3) is 16.8 Å². The molecule has 1 aromatic carbocycles. The number of halogens is 2. The molecule has 3 rings (SSSR count). The molecule has 0 aliphatic heterocycles. The number of aromatic hydroxyl groups is 1. The van der Waals surface area contributed by atoms with Crippen LogP contribution < -0.4 is 5.56 Å². The molecular weight excluding hydrogens is 412 g/mol. The molecule has 0 spiro atoms. The van der Waals surface area contributed by atoms with Gasteiger partial charge in [-0.15, -0.1) is 0 Å². The lowest BCUT2D eigenvalue weighted by Gasteiger charge is -2.09. The van der Waals surface area contributed by atoms with Gasteiger partial charge in [0.1, 0.15) is 5.65 Å². The average molecular weight is 424 g/mol. The first-order valence-electron chi connectivity index (χ1n) is 7.31. The molecule has 2 heterocycles. The second kappa shape index (κ2) is 6.85. The van der Waals surface area contributed by atoms with Gasteiger partial charge < -0.3 is 9.84 Å². The molecule has 6 nitrogen and oxygen atoms in total. The fourth-order valence-electron chi connectivity index (χ4n) is 2.40. The summed E-state index contributed by atoms with van der Waals surface area (Å²) in [6.45, 7) is 1.69. The number of hydrogen-bond donors (Lipinski definition) is 1. The number of hydrogen-bond acceptors (Lipinski definition) is 5. The van der Waals surface area contributed by atoms with Gasteiger partial charge in [0.15, 0.2) is 5.56 Å². The maximum Gasteiger partial charge on any atom is 0.349 e. The molecule has 0 bridgehead atoms. The van der Waals surface area contributed by atoms with Gasteiger partial charge in [0, 0.05) is 16.2 Å². The van der Waals surface area contributed by atoms with E-state index in [0.29, 0.717) is 10.6 Å². The molecule has 3 aromatic rings. The van der Waals surface area contributed by atoms with Crippen LogP contribution in [0.1, 0.15) is 17.3 Å². The molecule has 0 aliphatic rings. The van der Waals surface area contributed by atoms with Crippen molar-refractivity contribution in [1.29, 1.82) is 0 Å². The maximum atomic E-state index is 12.5. The van der Waals surface area contributed by atoms with Crippen molar-refractivity contribution in [3.63, 3.8) is 0 Å². The highest BCUT2D eigenvalue weighted by Gasteiger charge is 2.21. The molecule has 0 unspecified atom stereocenters. The van der Waals surface area contributed by atoms with Crippen LogP contribution in [0.3, 0.4) is 0 Å². The molecule has 8 heteroatoms. The molecule has 0 saturated heterocycles. The average Bonchev–Trinajstić information content (AvgIpc) is 2.57. The zero-order valence-corrected chi connectivity index (χ0v) is 15.3. The van der Waals surface area contributed by atoms with Crippen LogP contribution in [0, 0.1) is 0 Å². The van der Waals surface area contributed by atoms with Gasteiger partial charge in [0.25, 0.3) is 5.56 Å². The van der Waals surface area contributed by atoms with Gasteiger partial charge in [-0.1, -0.05) is 23.7 Å². The topological polar surface area (TPSA) is 80.9 Å². The van der Waals surface area contributed by atoms with Crippen molar-refractivity contribution in [3.05, 3.63) is 61.9 Å². The van der Waals surface area contributed by atoms with Crippen LogP contribution in [-0.4, -0.2) is 27.1 Å². The third-order valence-electron chi connectivity index (χ3n) is 3.55. The zero-order valence-electron chi connectivity index (χ0n) is 13.0. The van der Waals surface area contributed by atoms with Crippen molar-refractivity contribution in [2.45, 2.75) is 6.92 Å². The summed E-state index contributed by atoms with van der Waals surface area (Å²) in [5, 5.41) is 10.5. The Hall–Kier alpha value is -2.38. The second-order valence-corrected chi connectivity index (χ2v) is 6.31. The molecule has 0 saturated carbocycles. The van der Waals surface area contributed by atoms with Crippen LogP contribution in [0.4, 0.5) is 0 Å². The number of carbonyl (C=O) groups excluding carboxylic acids is 1. The summed E-state index contributed by atoms with van der Waals surface area (Å²) in [5.74, 6) is -1.58. The van der Waals surface area contributed by atoms with Gasteiger partial charge in [-0.05, 0) is 46.6 Å². The van der Waals surface area contributed by atoms with Crippen LogP contribution in [0.15, 0.2) is 45.8 Å². The highest BCUT2D eigenvalue weighted by atomic mass is 79.9. The normalized spacial score (nSPS) is 10.8. The molecular formula is C17H12BrClN2O4. The molecule has 0 atom stereocenters. The summed E-state index contributed by atoms with van der Waals surface area (Å²) in [6, 6.07) is 8.74. The predicted octanol–water partition coefficient (Wildman–Crippen LogP) is 3.66. The first-order chi connectivity index (χ1) is 11.9. The van der Waals surface area contributed by atoms with Gasteiger partial charge in [-0.3, -0.25) is 9.20 Å². The Kier molecular flexibility index (Phi) is 4.78. The summed E-state index contributed by atoms with van der Waals surface area (Å²) in [6.07, 6.45) is 1.47. The van der Waals surface area contributed by atoms with Gasteiger partial charge >= 0.3 is 5.97 Å². The van der Waals surface area contributed by atoms with E-state index in [1.54, 1.807) is 19.1 Å². The van der Waals surface area contributed by atoms with E-state index in [1.165, 1.54) is 10.6 Å². The largest absolute Gasteiger partial charge is 0.492 e. The van der Waals surface area contributed by atoms with Crippen LogP contribution in [-0.2, 0) is 4.74 Å². The summed E-state index contributed by atoms with van der Waals surface area (Å²) < 4.78 is 6.69. The quantitative estimate of drug-likeness (QED) is 0.650. The van der Waals surface area contributed by atoms with Crippen molar-refractivity contribution in [1.82, 2.24) is 9.38 Å². The Morgan fingerprint density at radius 1 is 1.40 bits per heavy atom. The monoisotopic (exact) mass is 422 g/mol. The van der Waals surface area contributed by atoms with Crippen LogP contribution >= 0.6 is 27.5 Å². The van der Waals surface area contributed by atoms with Gasteiger partial charge in [-0.25, -0.2) is 4.79 Å². The third kappa shape index (κ3) is 3.12. The minimum atomic E-state index is -0.911. The minimum Gasteiger partial charge on any atom is -0.492 e. The van der Waals surface area contributed by atoms with E-state index in [1.807, 2.05) is 18.2 Å². The Morgan fingerprint density at radius 3 is 2.88 bits per heavy atom. The Morgan fingerprint density at radius 2 is 2.16 bits per heavy atom. The Labute approximate surface area is 155 Å². The molecule has 25 heavy (non-hydrogen) atoms. The van der Waals surface area contributed by atoms with E-state index in [-0.39, 0.29) is 12.3 Å². The van der Waals surface area contributed by atoms with E-state index < -0.39 is 23.0 Å². The highest BCUT2D eigenvalue weighted by molar-refractivity contribution is 9.10. The molecule has 0 amide bonds. The summed E-state index contributed by atoms with van der Waals surface area (Å²) >= 11 is 9.66. The van der Waals surface area contributed by atoms with Crippen molar-refractivity contribution in [2.75, 3.05) is 6.61 Å². The fourth-order valence-corrected chi connectivity index (χ4v) is 3.00.